The minimum absolute atomic E-state index is 0.132. The zero-order chi connectivity index (χ0) is 15.0. The van der Waals surface area contributed by atoms with Crippen LogP contribution in [0.5, 0.6) is 0 Å². The summed E-state index contributed by atoms with van der Waals surface area (Å²) < 4.78 is 0. The van der Waals surface area contributed by atoms with E-state index in [0.29, 0.717) is 17.6 Å². The van der Waals surface area contributed by atoms with Gasteiger partial charge in [0, 0.05) is 28.9 Å². The van der Waals surface area contributed by atoms with Crippen LogP contribution in [0, 0.1) is 20.8 Å². The van der Waals surface area contributed by atoms with Gasteiger partial charge in [0.25, 0.3) is 5.91 Å². The summed E-state index contributed by atoms with van der Waals surface area (Å²) in [6, 6.07) is 5.61. The first-order chi connectivity index (χ1) is 10.1. The molecule has 0 aliphatic carbocycles. The standard InChI is InChI=1S/C15H17N5O/c1-8-11-5-4-6-12(14(11)20-19-8)15(21)16-7-13-9(2)17-18-10(13)3/h4-6H,7H2,1-3H3,(H,16,21)(H,17,18)(H,19,20). The molecule has 0 saturated carbocycles. The summed E-state index contributed by atoms with van der Waals surface area (Å²) in [5.41, 5.74) is 5.14. The number of amides is 1. The van der Waals surface area contributed by atoms with Crippen LogP contribution >= 0.6 is 0 Å². The summed E-state index contributed by atoms with van der Waals surface area (Å²) in [7, 11) is 0. The second-order valence-electron chi connectivity index (χ2n) is 5.15. The van der Waals surface area contributed by atoms with E-state index in [9.17, 15) is 4.79 Å². The molecule has 0 unspecified atom stereocenters. The third-order valence-electron chi connectivity index (χ3n) is 3.73. The van der Waals surface area contributed by atoms with Crippen LogP contribution in [0.2, 0.25) is 0 Å². The Morgan fingerprint density at radius 3 is 2.62 bits per heavy atom. The van der Waals surface area contributed by atoms with Crippen LogP contribution < -0.4 is 5.32 Å². The van der Waals surface area contributed by atoms with Gasteiger partial charge in [0.1, 0.15) is 5.52 Å². The molecule has 2 heterocycles. The minimum Gasteiger partial charge on any atom is -0.348 e. The van der Waals surface area contributed by atoms with E-state index in [2.05, 4.69) is 25.7 Å². The van der Waals surface area contributed by atoms with Crippen molar-refractivity contribution in [3.8, 4) is 0 Å². The molecule has 1 amide bonds. The van der Waals surface area contributed by atoms with Gasteiger partial charge in [0.05, 0.1) is 11.3 Å². The number of rotatable bonds is 3. The van der Waals surface area contributed by atoms with Crippen LogP contribution in [0.25, 0.3) is 10.9 Å². The molecule has 0 radical (unpaired) electrons. The lowest BCUT2D eigenvalue weighted by atomic mass is 10.1. The molecule has 0 saturated heterocycles. The third-order valence-corrected chi connectivity index (χ3v) is 3.73. The number of carbonyl (C=O) groups is 1. The van der Waals surface area contributed by atoms with Crippen molar-refractivity contribution in [1.29, 1.82) is 0 Å². The van der Waals surface area contributed by atoms with Crippen molar-refractivity contribution in [2.45, 2.75) is 27.3 Å². The summed E-state index contributed by atoms with van der Waals surface area (Å²) in [6.45, 7) is 6.25. The first-order valence-corrected chi connectivity index (χ1v) is 6.80. The monoisotopic (exact) mass is 283 g/mol. The van der Waals surface area contributed by atoms with E-state index in [1.54, 1.807) is 6.07 Å². The van der Waals surface area contributed by atoms with Crippen LogP contribution in [-0.4, -0.2) is 26.3 Å². The number of fused-ring (bicyclic) bond motifs is 1. The molecule has 0 bridgehead atoms. The molecular formula is C15H17N5O. The summed E-state index contributed by atoms with van der Waals surface area (Å²) >= 11 is 0. The first kappa shape index (κ1) is 13.4. The Hall–Kier alpha value is -2.63. The number of nitrogens with zero attached hydrogens (tertiary/aromatic N) is 2. The number of carbonyl (C=O) groups excluding carboxylic acids is 1. The van der Waals surface area contributed by atoms with Crippen molar-refractivity contribution in [1.82, 2.24) is 25.7 Å². The van der Waals surface area contributed by atoms with E-state index in [-0.39, 0.29) is 5.91 Å². The molecule has 6 heteroatoms. The number of para-hydroxylation sites is 1. The lowest BCUT2D eigenvalue weighted by Crippen LogP contribution is -2.23. The molecule has 0 fully saturated rings. The second-order valence-corrected chi connectivity index (χ2v) is 5.15. The van der Waals surface area contributed by atoms with Gasteiger partial charge < -0.3 is 5.32 Å². The molecule has 0 aliphatic heterocycles. The Morgan fingerprint density at radius 2 is 1.90 bits per heavy atom. The van der Waals surface area contributed by atoms with Crippen LogP contribution in [0.15, 0.2) is 18.2 Å². The van der Waals surface area contributed by atoms with Gasteiger partial charge in [-0.2, -0.15) is 10.2 Å². The Bertz CT molecular complexity index is 795. The van der Waals surface area contributed by atoms with Crippen molar-refractivity contribution in [3.63, 3.8) is 0 Å². The van der Waals surface area contributed by atoms with Crippen molar-refractivity contribution >= 4 is 16.8 Å². The highest BCUT2D eigenvalue weighted by molar-refractivity contribution is 6.05. The van der Waals surface area contributed by atoms with Crippen LogP contribution in [0.3, 0.4) is 0 Å². The highest BCUT2D eigenvalue weighted by atomic mass is 16.1. The fourth-order valence-corrected chi connectivity index (χ4v) is 2.45. The fourth-order valence-electron chi connectivity index (χ4n) is 2.45. The van der Waals surface area contributed by atoms with E-state index >= 15 is 0 Å². The molecule has 0 atom stereocenters. The molecule has 3 N–H and O–H groups in total. The number of H-pyrrole nitrogens is 2. The number of hydrogen-bond donors (Lipinski definition) is 3. The Labute approximate surface area is 122 Å². The summed E-state index contributed by atoms with van der Waals surface area (Å²) in [4.78, 5) is 12.4. The highest BCUT2D eigenvalue weighted by Gasteiger charge is 2.14. The number of aromatic amines is 2. The molecule has 2 aromatic heterocycles. The van der Waals surface area contributed by atoms with Gasteiger partial charge in [0.15, 0.2) is 0 Å². The predicted molar refractivity (Wildman–Crippen MR) is 80.1 cm³/mol. The van der Waals surface area contributed by atoms with Crippen molar-refractivity contribution < 1.29 is 4.79 Å². The third kappa shape index (κ3) is 2.29. The minimum atomic E-state index is -0.132. The van der Waals surface area contributed by atoms with Crippen LogP contribution in [0.4, 0.5) is 0 Å². The normalized spacial score (nSPS) is 11.0. The second kappa shape index (κ2) is 5.05. The van der Waals surface area contributed by atoms with Crippen LogP contribution in [-0.2, 0) is 6.54 Å². The van der Waals surface area contributed by atoms with E-state index in [0.717, 1.165) is 28.0 Å². The molecule has 6 nitrogen and oxygen atoms in total. The number of hydrogen-bond acceptors (Lipinski definition) is 3. The largest absolute Gasteiger partial charge is 0.348 e. The topological polar surface area (TPSA) is 86.5 Å². The van der Waals surface area contributed by atoms with Crippen LogP contribution in [0.1, 0.15) is 33.0 Å². The Balaban J connectivity index is 1.85. The zero-order valence-corrected chi connectivity index (χ0v) is 12.2. The Kier molecular flexibility index (Phi) is 3.21. The average molecular weight is 283 g/mol. The van der Waals surface area contributed by atoms with Gasteiger partial charge in [-0.05, 0) is 26.8 Å². The lowest BCUT2D eigenvalue weighted by molar-refractivity contribution is 0.0952. The molecule has 3 rings (SSSR count). The van der Waals surface area contributed by atoms with Crippen molar-refractivity contribution in [3.05, 3.63) is 46.4 Å². The van der Waals surface area contributed by atoms with Gasteiger partial charge >= 0.3 is 0 Å². The molecule has 3 aromatic rings. The SMILES string of the molecule is Cc1n[nH]c(C)c1CNC(=O)c1cccc2c(C)[nH]nc12. The Morgan fingerprint density at radius 1 is 1.14 bits per heavy atom. The fraction of sp³-hybridized carbons (Fsp3) is 0.267. The molecule has 108 valence electrons. The number of aromatic nitrogens is 4. The molecule has 0 spiro atoms. The summed E-state index contributed by atoms with van der Waals surface area (Å²) in [5, 5.41) is 18.1. The maximum absolute atomic E-state index is 12.4. The van der Waals surface area contributed by atoms with Crippen molar-refractivity contribution in [2.75, 3.05) is 0 Å². The van der Waals surface area contributed by atoms with E-state index in [4.69, 9.17) is 0 Å². The summed E-state index contributed by atoms with van der Waals surface area (Å²) in [6.07, 6.45) is 0. The van der Waals surface area contributed by atoms with E-state index in [1.165, 1.54) is 0 Å². The van der Waals surface area contributed by atoms with E-state index in [1.807, 2.05) is 32.9 Å². The number of aryl methyl sites for hydroxylation is 3. The number of benzene rings is 1. The maximum Gasteiger partial charge on any atom is 0.253 e. The van der Waals surface area contributed by atoms with Gasteiger partial charge in [-0.3, -0.25) is 15.0 Å². The quantitative estimate of drug-likeness (QED) is 0.688. The molecule has 21 heavy (non-hydrogen) atoms. The van der Waals surface area contributed by atoms with Crippen molar-refractivity contribution in [2.24, 2.45) is 0 Å². The molecule has 1 aromatic carbocycles. The average Bonchev–Trinajstić information content (AvgIpc) is 3.01. The summed E-state index contributed by atoms with van der Waals surface area (Å²) in [5.74, 6) is -0.132. The molecule has 0 aliphatic rings. The van der Waals surface area contributed by atoms with E-state index < -0.39 is 0 Å². The predicted octanol–water partition coefficient (Wildman–Crippen LogP) is 2.14. The smallest absolute Gasteiger partial charge is 0.253 e. The van der Waals surface area contributed by atoms with Gasteiger partial charge in [-0.1, -0.05) is 12.1 Å². The number of nitrogens with one attached hydrogen (secondary N) is 3. The zero-order valence-electron chi connectivity index (χ0n) is 12.2. The van der Waals surface area contributed by atoms with Gasteiger partial charge in [-0.15, -0.1) is 0 Å². The highest BCUT2D eigenvalue weighted by Crippen LogP contribution is 2.19. The first-order valence-electron chi connectivity index (χ1n) is 6.80. The molecular weight excluding hydrogens is 266 g/mol. The van der Waals surface area contributed by atoms with Gasteiger partial charge in [0.2, 0.25) is 0 Å². The maximum atomic E-state index is 12.4. The lowest BCUT2D eigenvalue weighted by Gasteiger charge is -2.06. The van der Waals surface area contributed by atoms with Gasteiger partial charge in [-0.25, -0.2) is 0 Å².